The highest BCUT2D eigenvalue weighted by Crippen LogP contribution is 2.18. The van der Waals surface area contributed by atoms with Gasteiger partial charge in [-0.2, -0.15) is 5.26 Å². The summed E-state index contributed by atoms with van der Waals surface area (Å²) in [5.41, 5.74) is 0.650. The minimum Gasteiger partial charge on any atom is -0.353 e. The van der Waals surface area contributed by atoms with Crippen LogP contribution in [-0.4, -0.2) is 45.6 Å². The number of nitriles is 1. The number of imidazole rings is 1. The number of hydrogen-bond donors (Lipinski definition) is 0. The Balaban J connectivity index is 1.62. The van der Waals surface area contributed by atoms with Crippen LogP contribution in [0.5, 0.6) is 0 Å². The molecule has 3 heterocycles. The molecule has 6 heteroatoms. The molecule has 6 nitrogen and oxygen atoms in total. The number of nitrogens with zero attached hydrogens (tertiary/aromatic N) is 6. The van der Waals surface area contributed by atoms with Gasteiger partial charge in [-0.05, 0) is 19.1 Å². The van der Waals surface area contributed by atoms with Crippen LogP contribution in [0.25, 0.3) is 0 Å². The summed E-state index contributed by atoms with van der Waals surface area (Å²) in [5.74, 6) is 1.92. The Kier molecular flexibility index (Phi) is 4.35. The lowest BCUT2D eigenvalue weighted by atomic mass is 10.2. The van der Waals surface area contributed by atoms with Gasteiger partial charge in [0.1, 0.15) is 17.7 Å². The predicted molar refractivity (Wildman–Crippen MR) is 84.3 cm³/mol. The molecule has 114 valence electrons. The molecule has 0 unspecified atom stereocenters. The van der Waals surface area contributed by atoms with Crippen molar-refractivity contribution in [1.82, 2.24) is 19.4 Å². The van der Waals surface area contributed by atoms with Gasteiger partial charge in [-0.25, -0.2) is 9.97 Å². The maximum atomic E-state index is 9.19. The van der Waals surface area contributed by atoms with Crippen LogP contribution in [0.15, 0.2) is 30.7 Å². The van der Waals surface area contributed by atoms with Gasteiger partial charge in [-0.15, -0.1) is 0 Å². The zero-order chi connectivity index (χ0) is 15.4. The monoisotopic (exact) mass is 296 g/mol. The van der Waals surface area contributed by atoms with E-state index in [4.69, 9.17) is 0 Å². The van der Waals surface area contributed by atoms with E-state index in [-0.39, 0.29) is 0 Å². The molecule has 1 fully saturated rings. The van der Waals surface area contributed by atoms with Crippen LogP contribution in [-0.2, 0) is 13.1 Å². The van der Waals surface area contributed by atoms with Crippen molar-refractivity contribution in [3.05, 3.63) is 42.1 Å². The van der Waals surface area contributed by atoms with Crippen LogP contribution in [0.1, 0.15) is 18.3 Å². The molecule has 1 aliphatic rings. The van der Waals surface area contributed by atoms with E-state index in [1.807, 2.05) is 24.5 Å². The van der Waals surface area contributed by atoms with Crippen molar-refractivity contribution in [2.75, 3.05) is 31.1 Å². The maximum absolute atomic E-state index is 9.19. The van der Waals surface area contributed by atoms with E-state index >= 15 is 0 Å². The van der Waals surface area contributed by atoms with Gasteiger partial charge in [0.2, 0.25) is 0 Å². The standard InChI is InChI=1S/C16H20N6/c1-2-21-7-6-18-15(21)13-20-8-10-22(11-9-20)16-14(12-17)4-3-5-19-16/h3-7H,2,8-11,13H2,1H3. The topological polar surface area (TPSA) is 61.0 Å². The number of hydrogen-bond acceptors (Lipinski definition) is 5. The fourth-order valence-corrected chi connectivity index (χ4v) is 2.83. The Morgan fingerprint density at radius 1 is 1.18 bits per heavy atom. The lowest BCUT2D eigenvalue weighted by Crippen LogP contribution is -2.46. The third kappa shape index (κ3) is 2.95. The van der Waals surface area contributed by atoms with E-state index in [0.717, 1.165) is 50.9 Å². The number of anilines is 1. The molecule has 3 rings (SSSR count). The Morgan fingerprint density at radius 2 is 2.00 bits per heavy atom. The van der Waals surface area contributed by atoms with E-state index in [0.29, 0.717) is 5.56 Å². The van der Waals surface area contributed by atoms with Gasteiger partial charge >= 0.3 is 0 Å². The average molecular weight is 296 g/mol. The van der Waals surface area contributed by atoms with Crippen LogP contribution >= 0.6 is 0 Å². The lowest BCUT2D eigenvalue weighted by molar-refractivity contribution is 0.240. The van der Waals surface area contributed by atoms with E-state index in [9.17, 15) is 5.26 Å². The van der Waals surface area contributed by atoms with Crippen LogP contribution in [0.2, 0.25) is 0 Å². The molecule has 1 aliphatic heterocycles. The van der Waals surface area contributed by atoms with Gasteiger partial charge in [0.25, 0.3) is 0 Å². The Morgan fingerprint density at radius 3 is 2.73 bits per heavy atom. The lowest BCUT2D eigenvalue weighted by Gasteiger charge is -2.35. The second-order valence-corrected chi connectivity index (χ2v) is 5.38. The highest BCUT2D eigenvalue weighted by atomic mass is 15.3. The number of aryl methyl sites for hydroxylation is 1. The van der Waals surface area contributed by atoms with Crippen LogP contribution in [0, 0.1) is 11.3 Å². The Labute approximate surface area is 130 Å². The van der Waals surface area contributed by atoms with Gasteiger partial charge in [-0.1, -0.05) is 0 Å². The fourth-order valence-electron chi connectivity index (χ4n) is 2.83. The molecule has 1 saturated heterocycles. The van der Waals surface area contributed by atoms with Crippen molar-refractivity contribution in [3.63, 3.8) is 0 Å². The van der Waals surface area contributed by atoms with E-state index in [1.54, 1.807) is 6.20 Å². The van der Waals surface area contributed by atoms with Crippen molar-refractivity contribution < 1.29 is 0 Å². The molecular formula is C16H20N6. The Hall–Kier alpha value is -2.39. The first-order valence-electron chi connectivity index (χ1n) is 7.64. The van der Waals surface area contributed by atoms with Crippen molar-refractivity contribution in [1.29, 1.82) is 5.26 Å². The second-order valence-electron chi connectivity index (χ2n) is 5.38. The molecular weight excluding hydrogens is 276 g/mol. The smallest absolute Gasteiger partial charge is 0.146 e. The summed E-state index contributed by atoms with van der Waals surface area (Å²) in [4.78, 5) is 13.4. The molecule has 2 aromatic heterocycles. The van der Waals surface area contributed by atoms with Crippen molar-refractivity contribution in [2.24, 2.45) is 0 Å². The molecule has 0 N–H and O–H groups in total. The number of rotatable bonds is 4. The summed E-state index contributed by atoms with van der Waals surface area (Å²) in [5, 5.41) is 9.19. The van der Waals surface area contributed by atoms with E-state index in [1.165, 1.54) is 0 Å². The molecule has 22 heavy (non-hydrogen) atoms. The number of piperazine rings is 1. The van der Waals surface area contributed by atoms with Gasteiger partial charge in [0.05, 0.1) is 12.1 Å². The highest BCUT2D eigenvalue weighted by molar-refractivity contribution is 5.53. The first-order chi connectivity index (χ1) is 10.8. The third-order valence-corrected chi connectivity index (χ3v) is 4.09. The highest BCUT2D eigenvalue weighted by Gasteiger charge is 2.21. The van der Waals surface area contributed by atoms with Crippen molar-refractivity contribution >= 4 is 5.82 Å². The first-order valence-corrected chi connectivity index (χ1v) is 7.64. The molecule has 0 aromatic carbocycles. The Bertz CT molecular complexity index is 663. The SMILES string of the molecule is CCn1ccnc1CN1CCN(c2ncccc2C#N)CC1. The van der Waals surface area contributed by atoms with Crippen LogP contribution in [0.4, 0.5) is 5.82 Å². The first kappa shape index (κ1) is 14.5. The molecule has 2 aromatic rings. The minimum absolute atomic E-state index is 0.650. The largest absolute Gasteiger partial charge is 0.353 e. The van der Waals surface area contributed by atoms with E-state index < -0.39 is 0 Å². The fraction of sp³-hybridized carbons (Fsp3) is 0.438. The van der Waals surface area contributed by atoms with Gasteiger partial charge in [-0.3, -0.25) is 4.90 Å². The van der Waals surface area contributed by atoms with Crippen molar-refractivity contribution in [2.45, 2.75) is 20.0 Å². The summed E-state index contributed by atoms with van der Waals surface area (Å²) in [6.45, 7) is 7.65. The van der Waals surface area contributed by atoms with Gasteiger partial charge in [0, 0.05) is 51.3 Å². The average Bonchev–Trinajstić information content (AvgIpc) is 3.02. The zero-order valence-corrected chi connectivity index (χ0v) is 12.8. The second kappa shape index (κ2) is 6.58. The summed E-state index contributed by atoms with van der Waals surface area (Å²) >= 11 is 0. The molecule has 0 bridgehead atoms. The third-order valence-electron chi connectivity index (χ3n) is 4.09. The molecule has 0 spiro atoms. The zero-order valence-electron chi connectivity index (χ0n) is 12.8. The van der Waals surface area contributed by atoms with Gasteiger partial charge < -0.3 is 9.47 Å². The molecule has 0 amide bonds. The molecule has 0 radical (unpaired) electrons. The summed E-state index contributed by atoms with van der Waals surface area (Å²) in [7, 11) is 0. The molecule has 0 aliphatic carbocycles. The van der Waals surface area contributed by atoms with Crippen LogP contribution < -0.4 is 4.90 Å². The maximum Gasteiger partial charge on any atom is 0.146 e. The van der Waals surface area contributed by atoms with E-state index in [2.05, 4.69) is 37.3 Å². The van der Waals surface area contributed by atoms with Crippen LogP contribution in [0.3, 0.4) is 0 Å². The molecule has 0 atom stereocenters. The normalized spacial score (nSPS) is 15.7. The van der Waals surface area contributed by atoms with Crippen molar-refractivity contribution in [3.8, 4) is 6.07 Å². The predicted octanol–water partition coefficient (Wildman–Crippen LogP) is 1.49. The molecule has 0 saturated carbocycles. The summed E-state index contributed by atoms with van der Waals surface area (Å²) < 4.78 is 2.18. The number of aromatic nitrogens is 3. The summed E-state index contributed by atoms with van der Waals surface area (Å²) in [6, 6.07) is 5.86. The summed E-state index contributed by atoms with van der Waals surface area (Å²) in [6.07, 6.45) is 5.64. The van der Waals surface area contributed by atoms with Gasteiger partial charge in [0.15, 0.2) is 0 Å². The quantitative estimate of drug-likeness (QED) is 0.855. The number of pyridine rings is 1. The minimum atomic E-state index is 0.650.